The minimum atomic E-state index is -0.456. The van der Waals surface area contributed by atoms with Gasteiger partial charge in [-0.1, -0.05) is 0 Å². The van der Waals surface area contributed by atoms with Crippen molar-refractivity contribution in [2.75, 3.05) is 13.1 Å². The number of ether oxygens (including phenoxy) is 1. The molecular formula is C11H20ClN3O3. The first-order valence-electron chi connectivity index (χ1n) is 6.08. The van der Waals surface area contributed by atoms with Crippen molar-refractivity contribution in [3.05, 3.63) is 0 Å². The number of carbonyl (C=O) groups excluding carboxylic acids is 2. The summed E-state index contributed by atoms with van der Waals surface area (Å²) in [6.45, 7) is 1.03. The summed E-state index contributed by atoms with van der Waals surface area (Å²) in [5.74, 6) is -0.536. The van der Waals surface area contributed by atoms with E-state index in [2.05, 4.69) is 0 Å². The molecule has 2 heterocycles. The first-order chi connectivity index (χ1) is 8.13. The predicted octanol–water partition coefficient (Wildman–Crippen LogP) is -0.609. The highest BCUT2D eigenvalue weighted by Gasteiger charge is 2.39. The van der Waals surface area contributed by atoms with E-state index in [9.17, 15) is 9.59 Å². The highest BCUT2D eigenvalue weighted by molar-refractivity contribution is 5.89. The molecule has 6 nitrogen and oxygen atoms in total. The van der Waals surface area contributed by atoms with Crippen LogP contribution in [0, 0.1) is 0 Å². The zero-order chi connectivity index (χ0) is 12.4. The molecule has 1 unspecified atom stereocenters. The molecule has 0 spiro atoms. The smallest absolute Gasteiger partial charge is 0.252 e. The Morgan fingerprint density at radius 1 is 1.28 bits per heavy atom. The van der Waals surface area contributed by atoms with Gasteiger partial charge in [-0.2, -0.15) is 0 Å². The van der Waals surface area contributed by atoms with Gasteiger partial charge in [-0.15, -0.1) is 12.4 Å². The van der Waals surface area contributed by atoms with Gasteiger partial charge in [-0.3, -0.25) is 9.59 Å². The monoisotopic (exact) mass is 277 g/mol. The fourth-order valence-corrected chi connectivity index (χ4v) is 2.57. The summed E-state index contributed by atoms with van der Waals surface area (Å²) in [6, 6.07) is -0.456. The number of hydrogen-bond donors (Lipinski definition) is 2. The molecule has 2 fully saturated rings. The number of hydrogen-bond acceptors (Lipinski definition) is 4. The summed E-state index contributed by atoms with van der Waals surface area (Å²) in [5, 5.41) is 0. The van der Waals surface area contributed by atoms with Crippen LogP contribution in [0.25, 0.3) is 0 Å². The van der Waals surface area contributed by atoms with Crippen LogP contribution in [-0.2, 0) is 14.3 Å². The largest absolute Gasteiger partial charge is 0.368 e. The standard InChI is InChI=1S/C11H19N3O3.ClH/c12-6-7-3-4-9(17-7)11(16)14-5-1-2-8(14)10(13)15;/h7-9H,1-6,12H2,(H2,13,15);1H/t7-,8?,9+;/m1./s1. The Morgan fingerprint density at radius 3 is 2.56 bits per heavy atom. The summed E-state index contributed by atoms with van der Waals surface area (Å²) in [6.07, 6.45) is 2.51. The molecule has 2 aliphatic rings. The second-order valence-corrected chi connectivity index (χ2v) is 4.65. The van der Waals surface area contributed by atoms with Crippen LogP contribution in [0.5, 0.6) is 0 Å². The Balaban J connectivity index is 0.00000162. The minimum absolute atomic E-state index is 0. The van der Waals surface area contributed by atoms with Crippen molar-refractivity contribution in [3.63, 3.8) is 0 Å². The molecule has 7 heteroatoms. The maximum absolute atomic E-state index is 12.2. The topological polar surface area (TPSA) is 98.7 Å². The van der Waals surface area contributed by atoms with Crippen molar-refractivity contribution >= 4 is 24.2 Å². The first kappa shape index (κ1) is 15.2. The fraction of sp³-hybridized carbons (Fsp3) is 0.818. The molecule has 104 valence electrons. The van der Waals surface area contributed by atoms with E-state index in [1.165, 1.54) is 0 Å². The number of likely N-dealkylation sites (tertiary alicyclic amines) is 1. The Morgan fingerprint density at radius 2 is 2.00 bits per heavy atom. The van der Waals surface area contributed by atoms with Gasteiger partial charge in [-0.05, 0) is 25.7 Å². The van der Waals surface area contributed by atoms with Crippen LogP contribution < -0.4 is 11.5 Å². The van der Waals surface area contributed by atoms with Crippen LogP contribution in [-0.4, -0.2) is 48.1 Å². The van der Waals surface area contributed by atoms with Crippen LogP contribution in [0.1, 0.15) is 25.7 Å². The van der Waals surface area contributed by atoms with Gasteiger partial charge in [0.05, 0.1) is 6.10 Å². The van der Waals surface area contributed by atoms with Crippen molar-refractivity contribution in [3.8, 4) is 0 Å². The Hall–Kier alpha value is -0.850. The van der Waals surface area contributed by atoms with E-state index in [0.29, 0.717) is 25.9 Å². The van der Waals surface area contributed by atoms with E-state index < -0.39 is 18.1 Å². The maximum atomic E-state index is 12.2. The molecule has 3 atom stereocenters. The second-order valence-electron chi connectivity index (χ2n) is 4.65. The summed E-state index contributed by atoms with van der Waals surface area (Å²) >= 11 is 0. The zero-order valence-corrected chi connectivity index (χ0v) is 11.0. The van der Waals surface area contributed by atoms with Crippen LogP contribution in [0.3, 0.4) is 0 Å². The number of amides is 2. The first-order valence-corrected chi connectivity index (χ1v) is 6.08. The summed E-state index contributed by atoms with van der Waals surface area (Å²) in [7, 11) is 0. The highest BCUT2D eigenvalue weighted by Crippen LogP contribution is 2.25. The van der Waals surface area contributed by atoms with Gasteiger partial charge < -0.3 is 21.1 Å². The van der Waals surface area contributed by atoms with Crippen LogP contribution in [0.15, 0.2) is 0 Å². The number of nitrogens with two attached hydrogens (primary N) is 2. The summed E-state index contributed by atoms with van der Waals surface area (Å²) < 4.78 is 5.54. The van der Waals surface area contributed by atoms with E-state index in [4.69, 9.17) is 16.2 Å². The van der Waals surface area contributed by atoms with Gasteiger partial charge in [0, 0.05) is 13.1 Å². The van der Waals surface area contributed by atoms with E-state index in [0.717, 1.165) is 12.8 Å². The number of halogens is 1. The Bertz CT molecular complexity index is 327. The lowest BCUT2D eigenvalue weighted by atomic mass is 10.1. The van der Waals surface area contributed by atoms with Crippen LogP contribution in [0.4, 0.5) is 0 Å². The van der Waals surface area contributed by atoms with E-state index in [1.807, 2.05) is 0 Å². The van der Waals surface area contributed by atoms with Gasteiger partial charge in [0.15, 0.2) is 0 Å². The molecule has 2 aliphatic heterocycles. The molecule has 0 aromatic heterocycles. The number of carbonyl (C=O) groups is 2. The third-order valence-corrected chi connectivity index (χ3v) is 3.51. The van der Waals surface area contributed by atoms with Crippen molar-refractivity contribution in [2.24, 2.45) is 11.5 Å². The lowest BCUT2D eigenvalue weighted by molar-refractivity contribution is -0.146. The van der Waals surface area contributed by atoms with Gasteiger partial charge in [0.1, 0.15) is 12.1 Å². The maximum Gasteiger partial charge on any atom is 0.252 e. The molecule has 0 bridgehead atoms. The zero-order valence-electron chi connectivity index (χ0n) is 10.2. The quantitative estimate of drug-likeness (QED) is 0.719. The average molecular weight is 278 g/mol. The normalized spacial score (nSPS) is 31.2. The SMILES string of the molecule is Cl.NC[C@H]1CC[C@@H](C(=O)N2CCCC2C(N)=O)O1. The summed E-state index contributed by atoms with van der Waals surface area (Å²) in [5.41, 5.74) is 10.8. The molecule has 0 aromatic rings. The van der Waals surface area contributed by atoms with Gasteiger partial charge in [0.2, 0.25) is 5.91 Å². The molecule has 2 saturated heterocycles. The molecule has 2 rings (SSSR count). The molecule has 4 N–H and O–H groups in total. The van der Waals surface area contributed by atoms with Gasteiger partial charge in [0.25, 0.3) is 5.91 Å². The molecule has 18 heavy (non-hydrogen) atoms. The number of rotatable bonds is 3. The van der Waals surface area contributed by atoms with E-state index >= 15 is 0 Å². The lowest BCUT2D eigenvalue weighted by Gasteiger charge is -2.25. The average Bonchev–Trinajstić information content (AvgIpc) is 2.97. The highest BCUT2D eigenvalue weighted by atomic mass is 35.5. The van der Waals surface area contributed by atoms with Crippen molar-refractivity contribution < 1.29 is 14.3 Å². The van der Waals surface area contributed by atoms with Crippen molar-refractivity contribution in [1.82, 2.24) is 4.90 Å². The fourth-order valence-electron chi connectivity index (χ4n) is 2.57. The third-order valence-electron chi connectivity index (χ3n) is 3.51. The summed E-state index contributed by atoms with van der Waals surface area (Å²) in [4.78, 5) is 25.0. The predicted molar refractivity (Wildman–Crippen MR) is 68.1 cm³/mol. The van der Waals surface area contributed by atoms with Crippen LogP contribution in [0.2, 0.25) is 0 Å². The third kappa shape index (κ3) is 2.93. The van der Waals surface area contributed by atoms with E-state index in [-0.39, 0.29) is 24.4 Å². The second kappa shape index (κ2) is 6.36. The molecule has 2 amide bonds. The van der Waals surface area contributed by atoms with Gasteiger partial charge >= 0.3 is 0 Å². The molecule has 0 aromatic carbocycles. The Labute approximate surface area is 112 Å². The van der Waals surface area contributed by atoms with Crippen LogP contribution >= 0.6 is 12.4 Å². The van der Waals surface area contributed by atoms with Gasteiger partial charge in [-0.25, -0.2) is 0 Å². The van der Waals surface area contributed by atoms with Crippen molar-refractivity contribution in [2.45, 2.75) is 43.9 Å². The Kier molecular flexibility index (Phi) is 5.37. The molecule has 0 radical (unpaired) electrons. The molecule has 0 aliphatic carbocycles. The molecule has 0 saturated carbocycles. The lowest BCUT2D eigenvalue weighted by Crippen LogP contribution is -2.47. The van der Waals surface area contributed by atoms with Crippen molar-refractivity contribution in [1.29, 1.82) is 0 Å². The minimum Gasteiger partial charge on any atom is -0.368 e. The van der Waals surface area contributed by atoms with E-state index in [1.54, 1.807) is 4.90 Å². The molecular weight excluding hydrogens is 258 g/mol. The number of nitrogens with zero attached hydrogens (tertiary/aromatic N) is 1. The number of primary amides is 1.